The molecule has 6 heteroatoms. The van der Waals surface area contributed by atoms with Crippen LogP contribution in [-0.2, 0) is 0 Å². The van der Waals surface area contributed by atoms with Gasteiger partial charge in [0.15, 0.2) is 0 Å². The molecule has 0 aliphatic rings. The number of aromatic nitrogens is 4. The molecule has 0 saturated carbocycles. The van der Waals surface area contributed by atoms with Gasteiger partial charge in [-0.2, -0.15) is 5.10 Å². The van der Waals surface area contributed by atoms with Gasteiger partial charge in [0.25, 0.3) is 5.91 Å². The number of nitrogens with one attached hydrogen (secondary N) is 1. The number of nitrogens with zero attached hydrogens (tertiary/aromatic N) is 4. The normalized spacial score (nSPS) is 10.8. The lowest BCUT2D eigenvalue weighted by Gasteiger charge is -2.06. The summed E-state index contributed by atoms with van der Waals surface area (Å²) in [5.41, 5.74) is 4.17. The minimum atomic E-state index is -0.256. The molecule has 1 N–H and O–H groups in total. The SMILES string of the molecule is O=C(Nc1cnc2ccccc2c1)c1cn(-c2ccccc2)nc1-c1cccnc1. The molecule has 144 valence electrons. The Balaban J connectivity index is 1.54. The molecule has 0 unspecified atom stereocenters. The van der Waals surface area contributed by atoms with E-state index in [-0.39, 0.29) is 5.91 Å². The molecule has 0 aliphatic heterocycles. The Morgan fingerprint density at radius 3 is 2.57 bits per heavy atom. The summed E-state index contributed by atoms with van der Waals surface area (Å²) in [4.78, 5) is 21.8. The topological polar surface area (TPSA) is 72.7 Å². The average molecular weight is 391 g/mol. The van der Waals surface area contributed by atoms with E-state index in [1.54, 1.807) is 29.5 Å². The Labute approximate surface area is 172 Å². The number of carbonyl (C=O) groups is 1. The van der Waals surface area contributed by atoms with Crippen LogP contribution in [-0.4, -0.2) is 25.7 Å². The van der Waals surface area contributed by atoms with E-state index >= 15 is 0 Å². The van der Waals surface area contributed by atoms with E-state index in [4.69, 9.17) is 0 Å². The van der Waals surface area contributed by atoms with Gasteiger partial charge in [0.2, 0.25) is 0 Å². The summed E-state index contributed by atoms with van der Waals surface area (Å²) in [6, 6.07) is 23.1. The number of benzene rings is 2. The van der Waals surface area contributed by atoms with Crippen LogP contribution in [0.2, 0.25) is 0 Å². The fourth-order valence-corrected chi connectivity index (χ4v) is 3.31. The molecule has 0 bridgehead atoms. The summed E-state index contributed by atoms with van der Waals surface area (Å²) >= 11 is 0. The zero-order chi connectivity index (χ0) is 20.3. The second-order valence-corrected chi connectivity index (χ2v) is 6.78. The standard InChI is InChI=1S/C24H17N5O/c30-24(27-19-13-17-7-4-5-11-22(17)26-15-19)21-16-29(20-9-2-1-3-10-20)28-23(21)18-8-6-12-25-14-18/h1-16H,(H,27,30). The fraction of sp³-hybridized carbons (Fsp3) is 0. The van der Waals surface area contributed by atoms with Gasteiger partial charge in [0.05, 0.1) is 28.7 Å². The zero-order valence-corrected chi connectivity index (χ0v) is 15.9. The summed E-state index contributed by atoms with van der Waals surface area (Å²) in [7, 11) is 0. The highest BCUT2D eigenvalue weighted by molar-refractivity contribution is 6.08. The first-order chi connectivity index (χ1) is 14.8. The van der Waals surface area contributed by atoms with Crippen molar-refractivity contribution < 1.29 is 4.79 Å². The van der Waals surface area contributed by atoms with Crippen LogP contribution in [0.1, 0.15) is 10.4 Å². The van der Waals surface area contributed by atoms with Crippen LogP contribution in [0, 0.1) is 0 Å². The number of amides is 1. The first kappa shape index (κ1) is 17.8. The van der Waals surface area contributed by atoms with Crippen LogP contribution >= 0.6 is 0 Å². The van der Waals surface area contributed by atoms with E-state index in [2.05, 4.69) is 20.4 Å². The highest BCUT2D eigenvalue weighted by Crippen LogP contribution is 2.24. The smallest absolute Gasteiger partial charge is 0.259 e. The summed E-state index contributed by atoms with van der Waals surface area (Å²) in [6.07, 6.45) is 6.79. The van der Waals surface area contributed by atoms with E-state index in [1.807, 2.05) is 72.8 Å². The van der Waals surface area contributed by atoms with Crippen molar-refractivity contribution in [3.05, 3.63) is 103 Å². The third-order valence-corrected chi connectivity index (χ3v) is 4.76. The second kappa shape index (κ2) is 7.60. The van der Waals surface area contributed by atoms with Crippen molar-refractivity contribution in [3.63, 3.8) is 0 Å². The van der Waals surface area contributed by atoms with Crippen molar-refractivity contribution in [2.45, 2.75) is 0 Å². The molecular weight excluding hydrogens is 374 g/mol. The highest BCUT2D eigenvalue weighted by Gasteiger charge is 2.19. The van der Waals surface area contributed by atoms with Gasteiger partial charge in [-0.05, 0) is 36.4 Å². The number of hydrogen-bond acceptors (Lipinski definition) is 4. The van der Waals surface area contributed by atoms with Crippen molar-refractivity contribution in [1.82, 2.24) is 19.7 Å². The molecule has 0 spiro atoms. The highest BCUT2D eigenvalue weighted by atomic mass is 16.1. The van der Waals surface area contributed by atoms with Crippen molar-refractivity contribution in [2.24, 2.45) is 0 Å². The van der Waals surface area contributed by atoms with Gasteiger partial charge in [-0.15, -0.1) is 0 Å². The van der Waals surface area contributed by atoms with Gasteiger partial charge in [0, 0.05) is 29.5 Å². The predicted molar refractivity (Wildman–Crippen MR) is 116 cm³/mol. The Bertz CT molecular complexity index is 1330. The van der Waals surface area contributed by atoms with Crippen LogP contribution in [0.15, 0.2) is 97.6 Å². The monoisotopic (exact) mass is 391 g/mol. The quantitative estimate of drug-likeness (QED) is 0.480. The van der Waals surface area contributed by atoms with Gasteiger partial charge < -0.3 is 5.32 Å². The maximum Gasteiger partial charge on any atom is 0.259 e. The van der Waals surface area contributed by atoms with E-state index in [0.717, 1.165) is 22.2 Å². The van der Waals surface area contributed by atoms with Gasteiger partial charge in [0.1, 0.15) is 5.69 Å². The minimum Gasteiger partial charge on any atom is -0.320 e. The van der Waals surface area contributed by atoms with Gasteiger partial charge in [-0.3, -0.25) is 14.8 Å². The summed E-state index contributed by atoms with van der Waals surface area (Å²) in [5.74, 6) is -0.256. The molecule has 0 atom stereocenters. The number of hydrogen-bond donors (Lipinski definition) is 1. The van der Waals surface area contributed by atoms with Crippen LogP contribution < -0.4 is 5.32 Å². The molecular formula is C24H17N5O. The van der Waals surface area contributed by atoms with Crippen molar-refractivity contribution >= 4 is 22.5 Å². The summed E-state index contributed by atoms with van der Waals surface area (Å²) in [6.45, 7) is 0. The van der Waals surface area contributed by atoms with E-state index in [0.29, 0.717) is 16.9 Å². The molecule has 3 aromatic heterocycles. The molecule has 0 radical (unpaired) electrons. The predicted octanol–water partition coefficient (Wildman–Crippen LogP) is 4.73. The maximum absolute atomic E-state index is 13.2. The molecule has 6 nitrogen and oxygen atoms in total. The lowest BCUT2D eigenvalue weighted by atomic mass is 10.1. The van der Waals surface area contributed by atoms with Crippen LogP contribution in [0.25, 0.3) is 27.8 Å². The molecule has 0 saturated heterocycles. The minimum absolute atomic E-state index is 0.256. The average Bonchev–Trinajstić information content (AvgIpc) is 3.26. The van der Waals surface area contributed by atoms with E-state index < -0.39 is 0 Å². The molecule has 1 amide bonds. The maximum atomic E-state index is 13.2. The van der Waals surface area contributed by atoms with Crippen molar-refractivity contribution in [3.8, 4) is 16.9 Å². The van der Waals surface area contributed by atoms with Crippen LogP contribution in [0.3, 0.4) is 0 Å². The first-order valence-corrected chi connectivity index (χ1v) is 9.49. The summed E-state index contributed by atoms with van der Waals surface area (Å²) < 4.78 is 1.70. The fourth-order valence-electron chi connectivity index (χ4n) is 3.31. The number of anilines is 1. The number of carbonyl (C=O) groups excluding carboxylic acids is 1. The summed E-state index contributed by atoms with van der Waals surface area (Å²) in [5, 5.41) is 8.57. The Morgan fingerprint density at radius 2 is 1.73 bits per heavy atom. The molecule has 30 heavy (non-hydrogen) atoms. The molecule has 0 aliphatic carbocycles. The second-order valence-electron chi connectivity index (χ2n) is 6.78. The van der Waals surface area contributed by atoms with Crippen LogP contribution in [0.4, 0.5) is 5.69 Å². The van der Waals surface area contributed by atoms with E-state index in [1.165, 1.54) is 0 Å². The first-order valence-electron chi connectivity index (χ1n) is 9.49. The lowest BCUT2D eigenvalue weighted by molar-refractivity contribution is 0.102. The van der Waals surface area contributed by atoms with Gasteiger partial charge in [-0.1, -0.05) is 36.4 Å². The van der Waals surface area contributed by atoms with E-state index in [9.17, 15) is 4.79 Å². The molecule has 5 aromatic rings. The largest absolute Gasteiger partial charge is 0.320 e. The molecule has 5 rings (SSSR count). The molecule has 0 fully saturated rings. The zero-order valence-electron chi connectivity index (χ0n) is 15.9. The Morgan fingerprint density at radius 1 is 0.900 bits per heavy atom. The Kier molecular flexibility index (Phi) is 4.50. The van der Waals surface area contributed by atoms with Crippen LogP contribution in [0.5, 0.6) is 0 Å². The van der Waals surface area contributed by atoms with Gasteiger partial charge >= 0.3 is 0 Å². The molecule has 3 heterocycles. The lowest BCUT2D eigenvalue weighted by Crippen LogP contribution is -2.12. The molecule has 2 aromatic carbocycles. The van der Waals surface area contributed by atoms with Gasteiger partial charge in [-0.25, -0.2) is 4.68 Å². The Hall–Kier alpha value is -4.32. The number of para-hydroxylation sites is 2. The number of pyridine rings is 2. The third-order valence-electron chi connectivity index (χ3n) is 4.76. The van der Waals surface area contributed by atoms with Crippen molar-refractivity contribution in [1.29, 1.82) is 0 Å². The third kappa shape index (κ3) is 3.42. The number of rotatable bonds is 4. The van der Waals surface area contributed by atoms with Crippen molar-refractivity contribution in [2.75, 3.05) is 5.32 Å². The number of fused-ring (bicyclic) bond motifs is 1.